The average molecular weight is 238 g/mol. The Balaban J connectivity index is 2.62. The molecule has 0 radical (unpaired) electrons. The molecule has 0 aliphatic rings. The van der Waals surface area contributed by atoms with Crippen molar-refractivity contribution in [2.24, 2.45) is 0 Å². The molecule has 0 heterocycles. The summed E-state index contributed by atoms with van der Waals surface area (Å²) in [6, 6.07) is 6.38. The molecule has 0 spiro atoms. The van der Waals surface area contributed by atoms with Crippen LogP contribution in [-0.4, -0.2) is 27.7 Å². The Kier molecular flexibility index (Phi) is 3.69. The number of carboxylic acids is 1. The van der Waals surface area contributed by atoms with E-state index in [0.29, 0.717) is 11.4 Å². The molecule has 92 valence electrons. The van der Waals surface area contributed by atoms with Gasteiger partial charge in [-0.2, -0.15) is 0 Å². The fraction of sp³-hybridized carbons (Fsp3) is 0.273. The maximum atomic E-state index is 11.5. The molecule has 1 atom stereocenters. The topological polar surface area (TPSA) is 113 Å². The van der Waals surface area contributed by atoms with Crippen molar-refractivity contribution in [1.82, 2.24) is 0 Å². The van der Waals surface area contributed by atoms with Crippen molar-refractivity contribution < 1.29 is 19.8 Å². The van der Waals surface area contributed by atoms with E-state index in [-0.39, 0.29) is 0 Å². The molecule has 6 nitrogen and oxygen atoms in total. The second-order valence-electron chi connectivity index (χ2n) is 3.93. The first kappa shape index (κ1) is 13.0. The molecule has 1 amide bonds. The molecule has 6 heteroatoms. The SMILES string of the molecule is CC(O)(CC(=O)Nc1ccc(N)cc1)C(=O)O. The van der Waals surface area contributed by atoms with Crippen molar-refractivity contribution in [1.29, 1.82) is 0 Å². The summed E-state index contributed by atoms with van der Waals surface area (Å²) >= 11 is 0. The highest BCUT2D eigenvalue weighted by Gasteiger charge is 2.32. The van der Waals surface area contributed by atoms with Crippen molar-refractivity contribution in [3.8, 4) is 0 Å². The van der Waals surface area contributed by atoms with Crippen molar-refractivity contribution in [3.05, 3.63) is 24.3 Å². The molecule has 0 saturated carbocycles. The fourth-order valence-corrected chi connectivity index (χ4v) is 1.16. The number of nitrogens with two attached hydrogens (primary N) is 1. The molecule has 0 aromatic heterocycles. The summed E-state index contributed by atoms with van der Waals surface area (Å²) in [5.41, 5.74) is 4.44. The quantitative estimate of drug-likeness (QED) is 0.568. The number of carbonyl (C=O) groups excluding carboxylic acids is 1. The molecule has 1 aromatic carbocycles. The number of aliphatic hydroxyl groups is 1. The predicted molar refractivity (Wildman–Crippen MR) is 62.4 cm³/mol. The third-order valence-electron chi connectivity index (χ3n) is 2.16. The third kappa shape index (κ3) is 3.76. The molecule has 0 fully saturated rings. The number of aliphatic carboxylic acids is 1. The molecular weight excluding hydrogens is 224 g/mol. The highest BCUT2D eigenvalue weighted by atomic mass is 16.4. The predicted octanol–water partition coefficient (Wildman–Crippen LogP) is 0.433. The van der Waals surface area contributed by atoms with Gasteiger partial charge in [0.05, 0.1) is 6.42 Å². The number of carboxylic acid groups (broad SMARTS) is 1. The van der Waals surface area contributed by atoms with Crippen molar-refractivity contribution in [2.45, 2.75) is 18.9 Å². The Labute approximate surface area is 98.1 Å². The maximum absolute atomic E-state index is 11.5. The summed E-state index contributed by atoms with van der Waals surface area (Å²) in [6.45, 7) is 1.07. The zero-order valence-electron chi connectivity index (χ0n) is 9.30. The minimum absolute atomic E-state index is 0.491. The number of nitrogens with one attached hydrogen (secondary N) is 1. The van der Waals surface area contributed by atoms with Crippen LogP contribution < -0.4 is 11.1 Å². The molecule has 5 N–H and O–H groups in total. The van der Waals surface area contributed by atoms with Crippen LogP contribution in [0, 0.1) is 0 Å². The van der Waals surface area contributed by atoms with E-state index in [0.717, 1.165) is 6.92 Å². The van der Waals surface area contributed by atoms with Gasteiger partial charge in [-0.25, -0.2) is 4.79 Å². The number of benzene rings is 1. The fourth-order valence-electron chi connectivity index (χ4n) is 1.16. The Morgan fingerprint density at radius 3 is 2.35 bits per heavy atom. The minimum atomic E-state index is -2.07. The monoisotopic (exact) mass is 238 g/mol. The van der Waals surface area contributed by atoms with Gasteiger partial charge >= 0.3 is 5.97 Å². The van der Waals surface area contributed by atoms with E-state index < -0.39 is 23.9 Å². The molecule has 0 saturated heterocycles. The lowest BCUT2D eigenvalue weighted by Crippen LogP contribution is -2.38. The number of amides is 1. The lowest BCUT2D eigenvalue weighted by atomic mass is 10.0. The zero-order valence-corrected chi connectivity index (χ0v) is 9.30. The highest BCUT2D eigenvalue weighted by molar-refractivity contribution is 5.95. The number of hydrogen-bond acceptors (Lipinski definition) is 4. The molecular formula is C11H14N2O4. The maximum Gasteiger partial charge on any atom is 0.335 e. The normalized spacial score (nSPS) is 13.8. The smallest absolute Gasteiger partial charge is 0.335 e. The van der Waals surface area contributed by atoms with Gasteiger partial charge in [0.15, 0.2) is 5.60 Å². The van der Waals surface area contributed by atoms with Crippen LogP contribution in [0.4, 0.5) is 11.4 Å². The van der Waals surface area contributed by atoms with Gasteiger partial charge in [0, 0.05) is 11.4 Å². The van der Waals surface area contributed by atoms with Gasteiger partial charge in [-0.05, 0) is 31.2 Å². The summed E-state index contributed by atoms with van der Waals surface area (Å²) in [5, 5.41) is 20.5. The van der Waals surface area contributed by atoms with Crippen molar-refractivity contribution in [3.63, 3.8) is 0 Å². The summed E-state index contributed by atoms with van der Waals surface area (Å²) in [6.07, 6.45) is -0.521. The zero-order chi connectivity index (χ0) is 13.1. The second kappa shape index (κ2) is 4.84. The number of rotatable bonds is 4. The van der Waals surface area contributed by atoms with E-state index in [2.05, 4.69) is 5.32 Å². The number of hydrogen-bond donors (Lipinski definition) is 4. The second-order valence-corrected chi connectivity index (χ2v) is 3.93. The van der Waals surface area contributed by atoms with Gasteiger partial charge in [-0.15, -0.1) is 0 Å². The number of carbonyl (C=O) groups is 2. The average Bonchev–Trinajstić information content (AvgIpc) is 2.20. The van der Waals surface area contributed by atoms with Gasteiger partial charge in [0.25, 0.3) is 0 Å². The molecule has 1 rings (SSSR count). The molecule has 0 aliphatic carbocycles. The Hall–Kier alpha value is -2.08. The van der Waals surface area contributed by atoms with Crippen LogP contribution in [0.5, 0.6) is 0 Å². The van der Waals surface area contributed by atoms with Crippen LogP contribution in [-0.2, 0) is 9.59 Å². The first-order valence-electron chi connectivity index (χ1n) is 4.92. The van der Waals surface area contributed by atoms with Crippen molar-refractivity contribution >= 4 is 23.3 Å². The van der Waals surface area contributed by atoms with Crippen LogP contribution in [0.25, 0.3) is 0 Å². The molecule has 0 bridgehead atoms. The first-order chi connectivity index (χ1) is 7.81. The van der Waals surface area contributed by atoms with Gasteiger partial charge in [-0.3, -0.25) is 4.79 Å². The summed E-state index contributed by atoms with van der Waals surface area (Å²) in [5.74, 6) is -2.02. The lowest BCUT2D eigenvalue weighted by molar-refractivity contribution is -0.158. The van der Waals surface area contributed by atoms with Crippen LogP contribution in [0.3, 0.4) is 0 Å². The molecule has 1 aromatic rings. The van der Waals surface area contributed by atoms with Crippen molar-refractivity contribution in [2.75, 3.05) is 11.1 Å². The van der Waals surface area contributed by atoms with E-state index in [4.69, 9.17) is 10.8 Å². The summed E-state index contributed by atoms with van der Waals surface area (Å²) in [7, 11) is 0. The first-order valence-corrected chi connectivity index (χ1v) is 4.92. The van der Waals surface area contributed by atoms with Crippen LogP contribution in [0.1, 0.15) is 13.3 Å². The van der Waals surface area contributed by atoms with E-state index in [9.17, 15) is 14.7 Å². The van der Waals surface area contributed by atoms with Gasteiger partial charge < -0.3 is 21.3 Å². The van der Waals surface area contributed by atoms with Crippen LogP contribution in [0.2, 0.25) is 0 Å². The number of nitrogen functional groups attached to an aromatic ring is 1. The summed E-state index contributed by atoms with van der Waals surface area (Å²) in [4.78, 5) is 22.1. The molecule has 17 heavy (non-hydrogen) atoms. The molecule has 0 aliphatic heterocycles. The highest BCUT2D eigenvalue weighted by Crippen LogP contribution is 2.14. The van der Waals surface area contributed by atoms with E-state index in [1.807, 2.05) is 0 Å². The third-order valence-corrected chi connectivity index (χ3v) is 2.16. The van der Waals surface area contributed by atoms with Crippen LogP contribution in [0.15, 0.2) is 24.3 Å². The Bertz CT molecular complexity index is 426. The lowest BCUT2D eigenvalue weighted by Gasteiger charge is -2.17. The van der Waals surface area contributed by atoms with E-state index >= 15 is 0 Å². The van der Waals surface area contributed by atoms with Gasteiger partial charge in [0.2, 0.25) is 5.91 Å². The number of anilines is 2. The largest absolute Gasteiger partial charge is 0.479 e. The Morgan fingerprint density at radius 1 is 1.35 bits per heavy atom. The van der Waals surface area contributed by atoms with Gasteiger partial charge in [-0.1, -0.05) is 0 Å². The Morgan fingerprint density at radius 2 is 1.88 bits per heavy atom. The van der Waals surface area contributed by atoms with Crippen LogP contribution >= 0.6 is 0 Å². The molecule has 1 unspecified atom stereocenters. The standard InChI is InChI=1S/C11H14N2O4/c1-11(17,10(15)16)6-9(14)13-8-4-2-7(12)3-5-8/h2-5,17H,6,12H2,1H3,(H,13,14)(H,15,16). The van der Waals surface area contributed by atoms with E-state index in [1.165, 1.54) is 0 Å². The minimum Gasteiger partial charge on any atom is -0.479 e. The summed E-state index contributed by atoms with van der Waals surface area (Å²) < 4.78 is 0. The van der Waals surface area contributed by atoms with E-state index in [1.54, 1.807) is 24.3 Å². The van der Waals surface area contributed by atoms with Gasteiger partial charge in [0.1, 0.15) is 0 Å².